The van der Waals surface area contributed by atoms with Gasteiger partial charge in [-0.1, -0.05) is 47.6 Å². The van der Waals surface area contributed by atoms with Crippen molar-refractivity contribution < 1.29 is 9.90 Å². The van der Waals surface area contributed by atoms with Crippen molar-refractivity contribution in [1.29, 1.82) is 0 Å². The number of aliphatic carboxylic acids is 1. The molecule has 2 rings (SSSR count). The molecule has 3 N–H and O–H groups in total. The van der Waals surface area contributed by atoms with Crippen LogP contribution in [-0.4, -0.2) is 11.1 Å². The molecule has 19 heavy (non-hydrogen) atoms. The number of hydrogen-bond donors (Lipinski definition) is 2. The molecule has 0 bridgehead atoms. The van der Waals surface area contributed by atoms with Crippen LogP contribution in [0.3, 0.4) is 0 Å². The predicted octanol–water partition coefficient (Wildman–Crippen LogP) is 3.70. The van der Waals surface area contributed by atoms with Crippen LogP contribution in [0.4, 0.5) is 5.69 Å². The third kappa shape index (κ3) is 3.43. The van der Waals surface area contributed by atoms with E-state index in [1.807, 2.05) is 24.3 Å². The van der Waals surface area contributed by atoms with Gasteiger partial charge >= 0.3 is 5.97 Å². The largest absolute Gasteiger partial charge is 0.481 e. The molecule has 2 aromatic carbocycles. The molecular formula is C14H12ClNO2S. The Labute approximate surface area is 120 Å². The molecule has 0 heterocycles. The van der Waals surface area contributed by atoms with Gasteiger partial charge in [-0.25, -0.2) is 0 Å². The maximum absolute atomic E-state index is 10.8. The number of anilines is 1. The Bertz CT molecular complexity index is 616. The molecule has 0 aliphatic heterocycles. The van der Waals surface area contributed by atoms with Gasteiger partial charge < -0.3 is 10.8 Å². The second-order valence-corrected chi connectivity index (χ2v) is 5.42. The number of nitrogens with two attached hydrogens (primary N) is 1. The quantitative estimate of drug-likeness (QED) is 0.844. The number of hydrogen-bond acceptors (Lipinski definition) is 3. The van der Waals surface area contributed by atoms with Gasteiger partial charge in [0.1, 0.15) is 0 Å². The Hall–Kier alpha value is -1.65. The molecule has 0 saturated heterocycles. The van der Waals surface area contributed by atoms with E-state index in [0.29, 0.717) is 16.3 Å². The lowest BCUT2D eigenvalue weighted by Gasteiger charge is -2.10. The summed E-state index contributed by atoms with van der Waals surface area (Å²) in [6.45, 7) is 0. The SMILES string of the molecule is Nc1c(CC(=O)O)cccc1Sc1ccccc1Cl. The zero-order valence-electron chi connectivity index (χ0n) is 9.97. The summed E-state index contributed by atoms with van der Waals surface area (Å²) in [5.74, 6) is -0.897. The fourth-order valence-electron chi connectivity index (χ4n) is 1.64. The van der Waals surface area contributed by atoms with Crippen LogP contribution < -0.4 is 5.73 Å². The van der Waals surface area contributed by atoms with Crippen molar-refractivity contribution in [3.05, 3.63) is 53.1 Å². The van der Waals surface area contributed by atoms with Gasteiger partial charge in [-0.3, -0.25) is 4.79 Å². The molecule has 5 heteroatoms. The molecule has 0 atom stereocenters. The van der Waals surface area contributed by atoms with E-state index in [1.54, 1.807) is 18.2 Å². The number of nitrogen functional groups attached to an aromatic ring is 1. The van der Waals surface area contributed by atoms with Gasteiger partial charge in [0.25, 0.3) is 0 Å². The first-order chi connectivity index (χ1) is 9.08. The first kappa shape index (κ1) is 13.8. The molecule has 98 valence electrons. The Morgan fingerprint density at radius 2 is 1.84 bits per heavy atom. The van der Waals surface area contributed by atoms with Gasteiger partial charge in [0.2, 0.25) is 0 Å². The Balaban J connectivity index is 2.31. The van der Waals surface area contributed by atoms with Gasteiger partial charge in [-0.2, -0.15) is 0 Å². The first-order valence-electron chi connectivity index (χ1n) is 5.59. The molecular weight excluding hydrogens is 282 g/mol. The molecule has 3 nitrogen and oxygen atoms in total. The third-order valence-corrected chi connectivity index (χ3v) is 4.15. The second-order valence-electron chi connectivity index (χ2n) is 3.93. The number of benzene rings is 2. The predicted molar refractivity (Wildman–Crippen MR) is 77.8 cm³/mol. The lowest BCUT2D eigenvalue weighted by atomic mass is 10.1. The number of para-hydroxylation sites is 1. The summed E-state index contributed by atoms with van der Waals surface area (Å²) in [6, 6.07) is 12.8. The first-order valence-corrected chi connectivity index (χ1v) is 6.79. The number of carbonyl (C=O) groups is 1. The van der Waals surface area contributed by atoms with Crippen LogP contribution in [0.15, 0.2) is 52.3 Å². The highest BCUT2D eigenvalue weighted by Crippen LogP contribution is 2.37. The van der Waals surface area contributed by atoms with Crippen molar-refractivity contribution in [2.24, 2.45) is 0 Å². The number of rotatable bonds is 4. The molecule has 0 unspecified atom stereocenters. The van der Waals surface area contributed by atoms with E-state index in [2.05, 4.69) is 0 Å². The zero-order valence-corrected chi connectivity index (χ0v) is 11.5. The highest BCUT2D eigenvalue weighted by Gasteiger charge is 2.10. The average Bonchev–Trinajstić information content (AvgIpc) is 2.36. The third-order valence-electron chi connectivity index (χ3n) is 2.55. The molecule has 0 amide bonds. The van der Waals surface area contributed by atoms with E-state index >= 15 is 0 Å². The van der Waals surface area contributed by atoms with Gasteiger partial charge in [-0.15, -0.1) is 0 Å². The summed E-state index contributed by atoms with van der Waals surface area (Å²) in [6.07, 6.45) is -0.0806. The van der Waals surface area contributed by atoms with E-state index in [9.17, 15) is 4.79 Å². The van der Waals surface area contributed by atoms with E-state index in [-0.39, 0.29) is 6.42 Å². The Morgan fingerprint density at radius 3 is 2.53 bits per heavy atom. The monoisotopic (exact) mass is 293 g/mol. The van der Waals surface area contributed by atoms with Crippen LogP contribution in [0.5, 0.6) is 0 Å². The lowest BCUT2D eigenvalue weighted by molar-refractivity contribution is -0.136. The van der Waals surface area contributed by atoms with E-state index in [1.165, 1.54) is 11.8 Å². The van der Waals surface area contributed by atoms with E-state index in [4.69, 9.17) is 22.4 Å². The van der Waals surface area contributed by atoms with Crippen molar-refractivity contribution in [2.75, 3.05) is 5.73 Å². The topological polar surface area (TPSA) is 63.3 Å². The highest BCUT2D eigenvalue weighted by molar-refractivity contribution is 7.99. The van der Waals surface area contributed by atoms with Crippen LogP contribution in [-0.2, 0) is 11.2 Å². The van der Waals surface area contributed by atoms with Crippen LogP contribution in [0.2, 0.25) is 5.02 Å². The summed E-state index contributed by atoms with van der Waals surface area (Å²) in [5, 5.41) is 9.48. The van der Waals surface area contributed by atoms with Gasteiger partial charge in [-0.05, 0) is 23.8 Å². The minimum atomic E-state index is -0.897. The number of halogens is 1. The maximum Gasteiger partial charge on any atom is 0.307 e. The van der Waals surface area contributed by atoms with E-state index in [0.717, 1.165) is 9.79 Å². The standard InChI is InChI=1S/C14H12ClNO2S/c15-10-5-1-2-6-11(10)19-12-7-3-4-9(14(12)16)8-13(17)18/h1-7H,8,16H2,(H,17,18). The zero-order chi connectivity index (χ0) is 13.8. The molecule has 0 saturated carbocycles. The lowest BCUT2D eigenvalue weighted by Crippen LogP contribution is -2.04. The molecule has 0 radical (unpaired) electrons. The van der Waals surface area contributed by atoms with Crippen molar-refractivity contribution in [3.63, 3.8) is 0 Å². The van der Waals surface area contributed by atoms with E-state index < -0.39 is 5.97 Å². The van der Waals surface area contributed by atoms with Crippen molar-refractivity contribution in [3.8, 4) is 0 Å². The number of carboxylic acid groups (broad SMARTS) is 1. The maximum atomic E-state index is 10.8. The van der Waals surface area contributed by atoms with Gasteiger partial charge in [0.15, 0.2) is 0 Å². The molecule has 2 aromatic rings. The molecule has 0 fully saturated rings. The van der Waals surface area contributed by atoms with Crippen LogP contribution >= 0.6 is 23.4 Å². The van der Waals surface area contributed by atoms with Gasteiger partial charge in [0, 0.05) is 15.5 Å². The Morgan fingerprint density at radius 1 is 1.16 bits per heavy atom. The highest BCUT2D eigenvalue weighted by atomic mass is 35.5. The molecule has 0 aliphatic carbocycles. The normalized spacial score (nSPS) is 10.4. The molecule has 0 spiro atoms. The molecule has 0 aromatic heterocycles. The van der Waals surface area contributed by atoms with Crippen molar-refractivity contribution in [2.45, 2.75) is 16.2 Å². The Kier molecular flexibility index (Phi) is 4.35. The summed E-state index contributed by atoms with van der Waals surface area (Å²) in [5.41, 5.74) is 7.11. The fourth-order valence-corrected chi connectivity index (χ4v) is 2.83. The fraction of sp³-hybridized carbons (Fsp3) is 0.0714. The number of carboxylic acids is 1. The summed E-state index contributed by atoms with van der Waals surface area (Å²) < 4.78 is 0. The van der Waals surface area contributed by atoms with Crippen molar-refractivity contribution >= 4 is 35.0 Å². The summed E-state index contributed by atoms with van der Waals surface area (Å²) in [7, 11) is 0. The summed E-state index contributed by atoms with van der Waals surface area (Å²) >= 11 is 7.53. The van der Waals surface area contributed by atoms with Gasteiger partial charge in [0.05, 0.1) is 11.4 Å². The minimum Gasteiger partial charge on any atom is -0.481 e. The van der Waals surface area contributed by atoms with Crippen molar-refractivity contribution in [1.82, 2.24) is 0 Å². The second kappa shape index (κ2) is 5.99. The average molecular weight is 294 g/mol. The van der Waals surface area contributed by atoms with Crippen LogP contribution in [0.25, 0.3) is 0 Å². The smallest absolute Gasteiger partial charge is 0.307 e. The van der Waals surface area contributed by atoms with Crippen LogP contribution in [0, 0.1) is 0 Å². The minimum absolute atomic E-state index is 0.0806. The van der Waals surface area contributed by atoms with Crippen LogP contribution in [0.1, 0.15) is 5.56 Å². The summed E-state index contributed by atoms with van der Waals surface area (Å²) in [4.78, 5) is 12.5. The molecule has 0 aliphatic rings.